The number of hydrogen-bond donors (Lipinski definition) is 3. The van der Waals surface area contributed by atoms with Crippen LogP contribution < -0.4 is 0 Å². The number of unbranched alkanes of at least 4 members (excludes halogenated alkanes) is 6. The molecule has 0 saturated carbocycles. The summed E-state index contributed by atoms with van der Waals surface area (Å²) in [6.45, 7) is 1.82. The zero-order valence-corrected chi connectivity index (χ0v) is 12.9. The summed E-state index contributed by atoms with van der Waals surface area (Å²) in [5.41, 5.74) is 0. The summed E-state index contributed by atoms with van der Waals surface area (Å²) in [5, 5.41) is 27.4. The van der Waals surface area contributed by atoms with E-state index < -0.39 is 5.97 Å². The smallest absolute Gasteiger partial charge is 0.303 e. The molecule has 0 amide bonds. The molecule has 0 aliphatic rings. The largest absolute Gasteiger partial charge is 0.481 e. The highest BCUT2D eigenvalue weighted by molar-refractivity contribution is 5.66. The highest BCUT2D eigenvalue weighted by atomic mass is 16.4. The van der Waals surface area contributed by atoms with Crippen molar-refractivity contribution in [3.63, 3.8) is 0 Å². The second-order valence-electron chi connectivity index (χ2n) is 5.84. The van der Waals surface area contributed by atoms with Crippen LogP contribution in [0.5, 0.6) is 0 Å². The van der Waals surface area contributed by atoms with Gasteiger partial charge in [-0.05, 0) is 32.6 Å². The van der Waals surface area contributed by atoms with Gasteiger partial charge in [0.25, 0.3) is 0 Å². The van der Waals surface area contributed by atoms with E-state index in [0.29, 0.717) is 0 Å². The third-order valence-corrected chi connectivity index (χ3v) is 3.59. The first-order valence-electron chi connectivity index (χ1n) is 8.10. The van der Waals surface area contributed by atoms with E-state index in [1.165, 1.54) is 0 Å². The summed E-state index contributed by atoms with van der Waals surface area (Å²) in [7, 11) is 0. The van der Waals surface area contributed by atoms with Crippen LogP contribution >= 0.6 is 0 Å². The van der Waals surface area contributed by atoms with Gasteiger partial charge in [0.15, 0.2) is 0 Å². The quantitative estimate of drug-likeness (QED) is 0.428. The van der Waals surface area contributed by atoms with Gasteiger partial charge in [0.05, 0.1) is 12.2 Å². The average molecular weight is 288 g/mol. The maximum Gasteiger partial charge on any atom is 0.303 e. The minimum absolute atomic E-state index is 0.193. The Kier molecular flexibility index (Phi) is 13.0. The molecule has 0 rings (SSSR count). The molecule has 20 heavy (non-hydrogen) atoms. The minimum Gasteiger partial charge on any atom is -0.481 e. The molecule has 0 saturated heterocycles. The summed E-state index contributed by atoms with van der Waals surface area (Å²) in [4.78, 5) is 10.3. The highest BCUT2D eigenvalue weighted by Crippen LogP contribution is 2.13. The number of aliphatic carboxylic acids is 1. The van der Waals surface area contributed by atoms with Crippen LogP contribution in [-0.2, 0) is 4.79 Å². The monoisotopic (exact) mass is 288 g/mol. The lowest BCUT2D eigenvalue weighted by atomic mass is 10.0. The molecule has 4 heteroatoms. The van der Waals surface area contributed by atoms with Gasteiger partial charge < -0.3 is 15.3 Å². The number of rotatable bonds is 14. The molecular weight excluding hydrogens is 256 g/mol. The summed E-state index contributed by atoms with van der Waals surface area (Å²) in [6, 6.07) is 0. The summed E-state index contributed by atoms with van der Waals surface area (Å²) < 4.78 is 0. The molecule has 0 aromatic carbocycles. The van der Waals surface area contributed by atoms with Gasteiger partial charge in [0.2, 0.25) is 0 Å². The zero-order chi connectivity index (χ0) is 15.2. The molecule has 0 bridgehead atoms. The molecule has 120 valence electrons. The van der Waals surface area contributed by atoms with Crippen LogP contribution in [0.1, 0.15) is 84.0 Å². The molecule has 0 aromatic rings. The van der Waals surface area contributed by atoms with E-state index in [2.05, 4.69) is 0 Å². The standard InChI is InChI=1S/C16H32O4/c1-14(17)10-6-2-3-7-11-15(18)12-8-4-5-9-13-16(19)20/h14-15,17-18H,2-13H2,1H3,(H,19,20). The van der Waals surface area contributed by atoms with Crippen molar-refractivity contribution < 1.29 is 20.1 Å². The van der Waals surface area contributed by atoms with Crippen LogP contribution in [0.25, 0.3) is 0 Å². The number of carboxylic acid groups (broad SMARTS) is 1. The van der Waals surface area contributed by atoms with Gasteiger partial charge in [-0.3, -0.25) is 4.79 Å². The zero-order valence-electron chi connectivity index (χ0n) is 12.9. The number of carbonyl (C=O) groups is 1. The van der Waals surface area contributed by atoms with Crippen molar-refractivity contribution in [1.29, 1.82) is 0 Å². The Balaban J connectivity index is 3.20. The van der Waals surface area contributed by atoms with Gasteiger partial charge in [0.1, 0.15) is 0 Å². The fraction of sp³-hybridized carbons (Fsp3) is 0.938. The second kappa shape index (κ2) is 13.4. The first-order chi connectivity index (χ1) is 9.52. The van der Waals surface area contributed by atoms with Crippen molar-refractivity contribution in [1.82, 2.24) is 0 Å². The van der Waals surface area contributed by atoms with Crippen LogP contribution in [0, 0.1) is 0 Å². The summed E-state index contributed by atoms with van der Waals surface area (Å²) >= 11 is 0. The topological polar surface area (TPSA) is 77.8 Å². The van der Waals surface area contributed by atoms with E-state index in [1.54, 1.807) is 0 Å². The van der Waals surface area contributed by atoms with Crippen LogP contribution in [-0.4, -0.2) is 33.5 Å². The summed E-state index contributed by atoms with van der Waals surface area (Å²) in [6.07, 6.45) is 10.5. The molecule has 3 N–H and O–H groups in total. The van der Waals surface area contributed by atoms with Crippen LogP contribution in [0.4, 0.5) is 0 Å². The third kappa shape index (κ3) is 15.4. The molecule has 0 spiro atoms. The normalized spacial score (nSPS) is 14.2. The first kappa shape index (κ1) is 19.4. The molecule has 0 heterocycles. The first-order valence-corrected chi connectivity index (χ1v) is 8.10. The van der Waals surface area contributed by atoms with Gasteiger partial charge in [-0.2, -0.15) is 0 Å². The van der Waals surface area contributed by atoms with Crippen molar-refractivity contribution in [3.05, 3.63) is 0 Å². The molecular formula is C16H32O4. The number of carboxylic acids is 1. The van der Waals surface area contributed by atoms with E-state index in [0.717, 1.165) is 70.6 Å². The molecule has 4 nitrogen and oxygen atoms in total. The van der Waals surface area contributed by atoms with Crippen LogP contribution in [0.15, 0.2) is 0 Å². The van der Waals surface area contributed by atoms with Crippen LogP contribution in [0.3, 0.4) is 0 Å². The molecule has 0 aliphatic carbocycles. The molecule has 0 aromatic heterocycles. The Morgan fingerprint density at radius 1 is 0.800 bits per heavy atom. The van der Waals surface area contributed by atoms with Gasteiger partial charge in [-0.1, -0.05) is 44.9 Å². The maximum absolute atomic E-state index is 10.3. The Hall–Kier alpha value is -0.610. The van der Waals surface area contributed by atoms with Gasteiger partial charge in [-0.25, -0.2) is 0 Å². The fourth-order valence-electron chi connectivity index (χ4n) is 2.33. The minimum atomic E-state index is -0.722. The Morgan fingerprint density at radius 3 is 1.70 bits per heavy atom. The lowest BCUT2D eigenvalue weighted by molar-refractivity contribution is -0.137. The lowest BCUT2D eigenvalue weighted by Gasteiger charge is -2.10. The third-order valence-electron chi connectivity index (χ3n) is 3.59. The van der Waals surface area contributed by atoms with Crippen molar-refractivity contribution >= 4 is 5.97 Å². The van der Waals surface area contributed by atoms with Crippen molar-refractivity contribution in [2.45, 2.75) is 96.2 Å². The Morgan fingerprint density at radius 2 is 1.25 bits per heavy atom. The van der Waals surface area contributed by atoms with E-state index in [1.807, 2.05) is 6.92 Å². The summed E-state index contributed by atoms with van der Waals surface area (Å²) in [5.74, 6) is -0.722. The molecule has 2 atom stereocenters. The second-order valence-corrected chi connectivity index (χ2v) is 5.84. The van der Waals surface area contributed by atoms with Crippen molar-refractivity contribution in [3.8, 4) is 0 Å². The lowest BCUT2D eigenvalue weighted by Crippen LogP contribution is -2.06. The SMILES string of the molecule is CC(O)CCCCCCC(O)CCCCCCC(=O)O. The number of aliphatic hydroxyl groups is 2. The van der Waals surface area contributed by atoms with Gasteiger partial charge in [0, 0.05) is 6.42 Å². The fourth-order valence-corrected chi connectivity index (χ4v) is 2.33. The Bertz CT molecular complexity index is 229. The predicted molar refractivity (Wildman–Crippen MR) is 80.7 cm³/mol. The van der Waals surface area contributed by atoms with Crippen molar-refractivity contribution in [2.75, 3.05) is 0 Å². The van der Waals surface area contributed by atoms with Crippen LogP contribution in [0.2, 0.25) is 0 Å². The average Bonchev–Trinajstić information content (AvgIpc) is 2.37. The van der Waals surface area contributed by atoms with E-state index >= 15 is 0 Å². The van der Waals surface area contributed by atoms with Gasteiger partial charge in [-0.15, -0.1) is 0 Å². The van der Waals surface area contributed by atoms with E-state index in [4.69, 9.17) is 10.2 Å². The Labute approximate surface area is 123 Å². The van der Waals surface area contributed by atoms with E-state index in [-0.39, 0.29) is 18.6 Å². The molecule has 0 radical (unpaired) electrons. The maximum atomic E-state index is 10.3. The van der Waals surface area contributed by atoms with Crippen molar-refractivity contribution in [2.24, 2.45) is 0 Å². The molecule has 2 unspecified atom stereocenters. The highest BCUT2D eigenvalue weighted by Gasteiger charge is 2.04. The molecule has 0 fully saturated rings. The van der Waals surface area contributed by atoms with E-state index in [9.17, 15) is 9.90 Å². The number of hydrogen-bond acceptors (Lipinski definition) is 3. The predicted octanol–water partition coefficient (Wildman–Crippen LogP) is 3.49. The van der Waals surface area contributed by atoms with Gasteiger partial charge >= 0.3 is 5.97 Å². The number of aliphatic hydroxyl groups excluding tert-OH is 2. The molecule has 0 aliphatic heterocycles.